The van der Waals surface area contributed by atoms with Crippen LogP contribution >= 0.6 is 0 Å². The van der Waals surface area contributed by atoms with Crippen molar-refractivity contribution in [1.29, 1.82) is 0 Å². The minimum atomic E-state index is -0.811. The van der Waals surface area contributed by atoms with Crippen molar-refractivity contribution in [2.45, 2.75) is 0 Å². The number of hydrogen-bond acceptors (Lipinski definition) is 7. The highest BCUT2D eigenvalue weighted by Crippen LogP contribution is 2.33. The molecule has 0 bridgehead atoms. The van der Waals surface area contributed by atoms with Gasteiger partial charge in [-0.3, -0.25) is 14.4 Å². The second-order valence-electron chi connectivity index (χ2n) is 4.23. The van der Waals surface area contributed by atoms with Crippen LogP contribution in [0, 0.1) is 0 Å². The molecule has 0 saturated heterocycles. The average molecular weight is 321 g/mol. The van der Waals surface area contributed by atoms with Crippen molar-refractivity contribution < 1.29 is 28.4 Å². The molecule has 0 unspecified atom stereocenters. The second kappa shape index (κ2) is 6.79. The number of hydrogen-bond donors (Lipinski definition) is 1. The number of amides is 2. The SMILES string of the molecule is COc1cccc(C(=O)N(OC)c2oncc2C(N)=O)c1OC. The molecule has 9 nitrogen and oxygen atoms in total. The van der Waals surface area contributed by atoms with E-state index in [1.165, 1.54) is 27.4 Å². The monoisotopic (exact) mass is 321 g/mol. The number of benzene rings is 1. The molecular formula is C14H15N3O6. The molecule has 0 aliphatic heterocycles. The summed E-state index contributed by atoms with van der Waals surface area (Å²) in [5.41, 5.74) is 5.26. The lowest BCUT2D eigenvalue weighted by Gasteiger charge is -2.19. The third-order valence-corrected chi connectivity index (χ3v) is 3.00. The summed E-state index contributed by atoms with van der Waals surface area (Å²) in [5.74, 6) is -1.12. The van der Waals surface area contributed by atoms with Crippen molar-refractivity contribution in [2.24, 2.45) is 5.73 Å². The number of nitrogens with two attached hydrogens (primary N) is 1. The molecule has 2 aromatic rings. The Bertz CT molecular complexity index is 727. The first-order valence-corrected chi connectivity index (χ1v) is 6.39. The van der Waals surface area contributed by atoms with Crippen LogP contribution in [0.25, 0.3) is 0 Å². The topological polar surface area (TPSA) is 117 Å². The third-order valence-electron chi connectivity index (χ3n) is 3.00. The van der Waals surface area contributed by atoms with Crippen molar-refractivity contribution in [3.05, 3.63) is 35.5 Å². The van der Waals surface area contributed by atoms with Crippen molar-refractivity contribution in [3.63, 3.8) is 0 Å². The lowest BCUT2D eigenvalue weighted by Crippen LogP contribution is -2.31. The fraction of sp³-hybridized carbons (Fsp3) is 0.214. The molecule has 2 N–H and O–H groups in total. The predicted molar refractivity (Wildman–Crippen MR) is 78.4 cm³/mol. The Hall–Kier alpha value is -3.07. The maximum Gasteiger partial charge on any atom is 0.288 e. The van der Waals surface area contributed by atoms with Crippen LogP contribution < -0.4 is 20.3 Å². The first-order valence-electron chi connectivity index (χ1n) is 6.39. The van der Waals surface area contributed by atoms with Gasteiger partial charge in [-0.05, 0) is 12.1 Å². The molecule has 0 fully saturated rings. The van der Waals surface area contributed by atoms with E-state index in [2.05, 4.69) is 5.16 Å². The zero-order valence-electron chi connectivity index (χ0n) is 12.7. The van der Waals surface area contributed by atoms with Crippen molar-refractivity contribution in [2.75, 3.05) is 26.4 Å². The summed E-state index contributed by atoms with van der Waals surface area (Å²) in [5, 5.41) is 4.21. The predicted octanol–water partition coefficient (Wildman–Crippen LogP) is 0.999. The summed E-state index contributed by atoms with van der Waals surface area (Å²) in [6.45, 7) is 0. The van der Waals surface area contributed by atoms with Gasteiger partial charge >= 0.3 is 0 Å². The molecule has 9 heteroatoms. The number of rotatable bonds is 6. The minimum absolute atomic E-state index is 0.0953. The van der Waals surface area contributed by atoms with E-state index in [0.717, 1.165) is 11.3 Å². The summed E-state index contributed by atoms with van der Waals surface area (Å²) in [6, 6.07) is 4.75. The van der Waals surface area contributed by atoms with Crippen LogP contribution in [0.3, 0.4) is 0 Å². The zero-order chi connectivity index (χ0) is 17.0. The van der Waals surface area contributed by atoms with Gasteiger partial charge in [0, 0.05) is 0 Å². The van der Waals surface area contributed by atoms with E-state index >= 15 is 0 Å². The van der Waals surface area contributed by atoms with E-state index in [9.17, 15) is 9.59 Å². The van der Waals surface area contributed by atoms with Crippen LogP contribution in [-0.4, -0.2) is 38.3 Å². The Kier molecular flexibility index (Phi) is 4.82. The Morgan fingerprint density at radius 1 is 1.17 bits per heavy atom. The quantitative estimate of drug-likeness (QED) is 0.789. The smallest absolute Gasteiger partial charge is 0.288 e. The molecule has 0 aliphatic rings. The van der Waals surface area contributed by atoms with Crippen LogP contribution in [0.2, 0.25) is 0 Å². The van der Waals surface area contributed by atoms with Crippen LogP contribution in [0.4, 0.5) is 5.88 Å². The van der Waals surface area contributed by atoms with Crippen LogP contribution in [0.1, 0.15) is 20.7 Å². The van der Waals surface area contributed by atoms with E-state index < -0.39 is 11.8 Å². The number of para-hydroxylation sites is 1. The number of carbonyl (C=O) groups is 2. The van der Waals surface area contributed by atoms with Crippen molar-refractivity contribution in [3.8, 4) is 11.5 Å². The van der Waals surface area contributed by atoms with Gasteiger partial charge in [0.2, 0.25) is 0 Å². The summed E-state index contributed by atoms with van der Waals surface area (Å²) >= 11 is 0. The second-order valence-corrected chi connectivity index (χ2v) is 4.23. The lowest BCUT2D eigenvalue weighted by molar-refractivity contribution is 0.0734. The number of carbonyl (C=O) groups excluding carboxylic acids is 2. The third kappa shape index (κ3) is 2.94. The Labute approximate surface area is 131 Å². The first-order chi connectivity index (χ1) is 11.0. The van der Waals surface area contributed by atoms with Gasteiger partial charge in [0.1, 0.15) is 5.56 Å². The summed E-state index contributed by atoms with van der Waals surface area (Å²) in [7, 11) is 4.08. The van der Waals surface area contributed by atoms with Gasteiger partial charge in [0.25, 0.3) is 17.7 Å². The molecule has 2 rings (SSSR count). The molecule has 0 atom stereocenters. The van der Waals surface area contributed by atoms with Crippen molar-refractivity contribution >= 4 is 17.7 Å². The molecule has 23 heavy (non-hydrogen) atoms. The molecule has 0 radical (unpaired) electrons. The number of ether oxygens (including phenoxy) is 2. The summed E-state index contributed by atoms with van der Waals surface area (Å²) < 4.78 is 15.3. The van der Waals surface area contributed by atoms with Gasteiger partial charge < -0.3 is 19.7 Å². The highest BCUT2D eigenvalue weighted by atomic mass is 16.7. The normalized spacial score (nSPS) is 10.2. The van der Waals surface area contributed by atoms with E-state index in [0.29, 0.717) is 5.75 Å². The first kappa shape index (κ1) is 16.3. The summed E-state index contributed by atoms with van der Waals surface area (Å²) in [4.78, 5) is 29.1. The molecule has 0 spiro atoms. The Morgan fingerprint density at radius 2 is 1.91 bits per heavy atom. The summed E-state index contributed by atoms with van der Waals surface area (Å²) in [6.07, 6.45) is 1.10. The molecule has 1 aromatic carbocycles. The van der Waals surface area contributed by atoms with Gasteiger partial charge in [-0.25, -0.2) is 0 Å². The van der Waals surface area contributed by atoms with Crippen LogP contribution in [0.15, 0.2) is 28.9 Å². The van der Waals surface area contributed by atoms with Crippen LogP contribution in [0.5, 0.6) is 11.5 Å². The van der Waals surface area contributed by atoms with Gasteiger partial charge in [-0.2, -0.15) is 0 Å². The average Bonchev–Trinajstić information content (AvgIpc) is 3.04. The Morgan fingerprint density at radius 3 is 2.48 bits per heavy atom. The number of methoxy groups -OCH3 is 2. The number of anilines is 1. The molecule has 2 amide bonds. The van der Waals surface area contributed by atoms with E-state index in [1.54, 1.807) is 12.1 Å². The molecule has 1 heterocycles. The van der Waals surface area contributed by atoms with Gasteiger partial charge in [-0.15, -0.1) is 5.06 Å². The maximum atomic E-state index is 12.7. The fourth-order valence-electron chi connectivity index (χ4n) is 1.97. The van der Waals surface area contributed by atoms with Gasteiger partial charge in [0.15, 0.2) is 11.5 Å². The lowest BCUT2D eigenvalue weighted by atomic mass is 10.1. The van der Waals surface area contributed by atoms with E-state index in [1.807, 2.05) is 0 Å². The largest absolute Gasteiger partial charge is 0.493 e. The highest BCUT2D eigenvalue weighted by Gasteiger charge is 2.29. The fourth-order valence-corrected chi connectivity index (χ4v) is 1.97. The number of primary amides is 1. The molecule has 122 valence electrons. The van der Waals surface area contributed by atoms with Crippen LogP contribution in [-0.2, 0) is 4.84 Å². The number of nitrogens with zero attached hydrogens (tertiary/aromatic N) is 2. The molecule has 0 saturated carbocycles. The molecule has 0 aliphatic carbocycles. The minimum Gasteiger partial charge on any atom is -0.493 e. The highest BCUT2D eigenvalue weighted by molar-refractivity contribution is 6.09. The van der Waals surface area contributed by atoms with Gasteiger partial charge in [0.05, 0.1) is 33.1 Å². The Balaban J connectivity index is 2.49. The number of aromatic nitrogens is 1. The number of hydroxylamine groups is 1. The zero-order valence-corrected chi connectivity index (χ0v) is 12.7. The van der Waals surface area contributed by atoms with Gasteiger partial charge in [-0.1, -0.05) is 11.2 Å². The molecular weight excluding hydrogens is 306 g/mol. The molecule has 1 aromatic heterocycles. The van der Waals surface area contributed by atoms with E-state index in [4.69, 9.17) is 24.6 Å². The van der Waals surface area contributed by atoms with E-state index in [-0.39, 0.29) is 22.8 Å². The van der Waals surface area contributed by atoms with Crippen molar-refractivity contribution in [1.82, 2.24) is 5.16 Å². The standard InChI is InChI=1S/C14H15N3O6/c1-20-10-6-4-5-8(11(10)21-2)13(19)17(22-3)14-9(12(15)18)7-16-23-14/h4-7H,1-3H3,(H2,15,18). The maximum absolute atomic E-state index is 12.7.